The van der Waals surface area contributed by atoms with Crippen molar-refractivity contribution in [2.24, 2.45) is 0 Å². The zero-order valence-electron chi connectivity index (χ0n) is 9.51. The van der Waals surface area contributed by atoms with Crippen LogP contribution in [0, 0.1) is 10.1 Å². The summed E-state index contributed by atoms with van der Waals surface area (Å²) in [6, 6.07) is 3.30. The summed E-state index contributed by atoms with van der Waals surface area (Å²) in [5.41, 5.74) is 0.178. The van der Waals surface area contributed by atoms with Crippen molar-refractivity contribution < 1.29 is 13.3 Å². The first-order chi connectivity index (χ1) is 8.24. The molecule has 0 radical (unpaired) electrons. The van der Waals surface area contributed by atoms with Gasteiger partial charge in [-0.2, -0.15) is 0 Å². The maximum atomic E-state index is 11.8. The predicted molar refractivity (Wildman–Crippen MR) is 68.1 cm³/mol. The normalized spacial score (nSPS) is 11.2. The summed E-state index contributed by atoms with van der Waals surface area (Å²) in [5, 5.41) is 10.5. The number of nitro benzene ring substituents is 1. The van der Waals surface area contributed by atoms with Crippen LogP contribution in [-0.2, 0) is 10.0 Å². The molecule has 0 aliphatic heterocycles. The molecule has 1 aromatic carbocycles. The molecule has 98 valence electrons. The fourth-order valence-corrected chi connectivity index (χ4v) is 2.40. The van der Waals surface area contributed by atoms with Gasteiger partial charge in [-0.25, -0.2) is 13.1 Å². The summed E-state index contributed by atoms with van der Waals surface area (Å²) in [5.74, 6) is 0. The number of sulfonamides is 1. The molecule has 0 heterocycles. The average Bonchev–Trinajstić information content (AvgIpc) is 2.26. The molecule has 0 atom stereocenters. The molecule has 0 amide bonds. The van der Waals surface area contributed by atoms with Crippen LogP contribution in [0.2, 0.25) is 5.02 Å². The summed E-state index contributed by atoms with van der Waals surface area (Å²) in [6.07, 6.45) is 0. The van der Waals surface area contributed by atoms with Crippen molar-refractivity contribution >= 4 is 27.3 Å². The summed E-state index contributed by atoms with van der Waals surface area (Å²) in [7, 11) is -3.80. The highest BCUT2D eigenvalue weighted by Crippen LogP contribution is 2.26. The number of benzene rings is 1. The van der Waals surface area contributed by atoms with Crippen LogP contribution >= 0.6 is 11.6 Å². The summed E-state index contributed by atoms with van der Waals surface area (Å²) >= 11 is 5.60. The number of nitro groups is 1. The van der Waals surface area contributed by atoms with E-state index in [1.165, 1.54) is 12.1 Å². The van der Waals surface area contributed by atoms with Gasteiger partial charge in [0.1, 0.15) is 5.02 Å². The Morgan fingerprint density at radius 2 is 2.17 bits per heavy atom. The van der Waals surface area contributed by atoms with Crippen LogP contribution < -0.4 is 4.72 Å². The Kier molecular flexibility index (Phi) is 4.44. The van der Waals surface area contributed by atoms with E-state index in [4.69, 9.17) is 11.6 Å². The molecule has 0 saturated heterocycles. The summed E-state index contributed by atoms with van der Waals surface area (Å²) in [6.45, 7) is 5.28. The molecular formula is C10H11ClN2O4S. The predicted octanol–water partition coefficient (Wildman–Crippen LogP) is 2.10. The maximum absolute atomic E-state index is 11.8. The molecule has 0 saturated carbocycles. The Hall–Kier alpha value is -1.44. The van der Waals surface area contributed by atoms with Gasteiger partial charge < -0.3 is 0 Å². The van der Waals surface area contributed by atoms with Crippen LogP contribution in [0.1, 0.15) is 6.92 Å². The molecular weight excluding hydrogens is 280 g/mol. The van der Waals surface area contributed by atoms with E-state index in [0.717, 1.165) is 6.07 Å². The summed E-state index contributed by atoms with van der Waals surface area (Å²) in [4.78, 5) is 9.71. The van der Waals surface area contributed by atoms with Gasteiger partial charge in [-0.3, -0.25) is 10.1 Å². The molecule has 0 unspecified atom stereocenters. The highest BCUT2D eigenvalue weighted by Gasteiger charge is 2.20. The second kappa shape index (κ2) is 5.47. The minimum absolute atomic E-state index is 0.0682. The Balaban J connectivity index is 3.14. The van der Waals surface area contributed by atoms with E-state index in [-0.39, 0.29) is 16.5 Å². The second-order valence-corrected chi connectivity index (χ2v) is 5.83. The van der Waals surface area contributed by atoms with Crippen LogP contribution in [0.15, 0.2) is 35.2 Å². The van der Waals surface area contributed by atoms with E-state index in [1.807, 2.05) is 0 Å². The SMILES string of the molecule is C=C(C)CNS(=O)(=O)c1ccc(Cl)c([N+](=O)[O-])c1. The lowest BCUT2D eigenvalue weighted by Gasteiger charge is -2.06. The minimum atomic E-state index is -3.80. The highest BCUT2D eigenvalue weighted by atomic mass is 35.5. The standard InChI is InChI=1S/C10H11ClN2O4S/c1-7(2)6-12-18(16,17)8-3-4-9(11)10(5-8)13(14)15/h3-5,12H,1,6H2,2H3. The van der Waals surface area contributed by atoms with E-state index < -0.39 is 20.6 Å². The molecule has 0 bridgehead atoms. The number of hydrogen-bond acceptors (Lipinski definition) is 4. The van der Waals surface area contributed by atoms with Gasteiger partial charge in [0.25, 0.3) is 5.69 Å². The van der Waals surface area contributed by atoms with Crippen molar-refractivity contribution in [3.63, 3.8) is 0 Å². The van der Waals surface area contributed by atoms with Gasteiger partial charge in [0.15, 0.2) is 0 Å². The third kappa shape index (κ3) is 3.52. The van der Waals surface area contributed by atoms with E-state index in [0.29, 0.717) is 5.57 Å². The van der Waals surface area contributed by atoms with Gasteiger partial charge in [-0.15, -0.1) is 0 Å². The molecule has 6 nitrogen and oxygen atoms in total. The van der Waals surface area contributed by atoms with Gasteiger partial charge in [0.2, 0.25) is 10.0 Å². The molecule has 0 aromatic heterocycles. The molecule has 0 aliphatic carbocycles. The third-order valence-electron chi connectivity index (χ3n) is 1.99. The van der Waals surface area contributed by atoms with E-state index in [1.54, 1.807) is 6.92 Å². The van der Waals surface area contributed by atoms with E-state index in [2.05, 4.69) is 11.3 Å². The topological polar surface area (TPSA) is 89.3 Å². The van der Waals surface area contributed by atoms with Gasteiger partial charge in [-0.1, -0.05) is 23.8 Å². The highest BCUT2D eigenvalue weighted by molar-refractivity contribution is 7.89. The van der Waals surface area contributed by atoms with Crippen molar-refractivity contribution in [1.82, 2.24) is 4.72 Å². The zero-order valence-corrected chi connectivity index (χ0v) is 11.1. The second-order valence-electron chi connectivity index (χ2n) is 3.65. The molecule has 18 heavy (non-hydrogen) atoms. The number of hydrogen-bond donors (Lipinski definition) is 1. The Morgan fingerprint density at radius 3 is 2.67 bits per heavy atom. The van der Waals surface area contributed by atoms with Gasteiger partial charge >= 0.3 is 0 Å². The van der Waals surface area contributed by atoms with Crippen LogP contribution in [0.25, 0.3) is 0 Å². The van der Waals surface area contributed by atoms with Crippen molar-refractivity contribution in [2.45, 2.75) is 11.8 Å². The van der Waals surface area contributed by atoms with Crippen LogP contribution in [-0.4, -0.2) is 19.9 Å². The molecule has 1 aromatic rings. The van der Waals surface area contributed by atoms with E-state index >= 15 is 0 Å². The Morgan fingerprint density at radius 1 is 1.56 bits per heavy atom. The maximum Gasteiger partial charge on any atom is 0.289 e. The third-order valence-corrected chi connectivity index (χ3v) is 3.71. The Bertz CT molecular complexity index is 598. The molecule has 1 N–H and O–H groups in total. The fraction of sp³-hybridized carbons (Fsp3) is 0.200. The van der Waals surface area contributed by atoms with Gasteiger partial charge in [-0.05, 0) is 19.1 Å². The monoisotopic (exact) mass is 290 g/mol. The van der Waals surface area contributed by atoms with Crippen LogP contribution in [0.4, 0.5) is 5.69 Å². The number of rotatable bonds is 5. The van der Waals surface area contributed by atoms with E-state index in [9.17, 15) is 18.5 Å². The number of nitrogens with zero attached hydrogens (tertiary/aromatic N) is 1. The molecule has 1 rings (SSSR count). The first-order valence-electron chi connectivity index (χ1n) is 4.82. The summed E-state index contributed by atoms with van der Waals surface area (Å²) < 4.78 is 25.9. The average molecular weight is 291 g/mol. The smallest absolute Gasteiger partial charge is 0.258 e. The lowest BCUT2D eigenvalue weighted by Crippen LogP contribution is -2.25. The zero-order chi connectivity index (χ0) is 13.9. The number of halogens is 1. The van der Waals surface area contributed by atoms with Crippen molar-refractivity contribution in [3.05, 3.63) is 45.5 Å². The Labute approximate surface area is 109 Å². The van der Waals surface area contributed by atoms with Crippen molar-refractivity contribution in [1.29, 1.82) is 0 Å². The van der Waals surface area contributed by atoms with Crippen LogP contribution in [0.5, 0.6) is 0 Å². The van der Waals surface area contributed by atoms with Gasteiger partial charge in [0.05, 0.1) is 9.82 Å². The lowest BCUT2D eigenvalue weighted by atomic mass is 10.3. The lowest BCUT2D eigenvalue weighted by molar-refractivity contribution is -0.384. The first kappa shape index (κ1) is 14.6. The van der Waals surface area contributed by atoms with Crippen LogP contribution in [0.3, 0.4) is 0 Å². The largest absolute Gasteiger partial charge is 0.289 e. The molecule has 0 fully saturated rings. The first-order valence-corrected chi connectivity index (χ1v) is 6.68. The van der Waals surface area contributed by atoms with Crippen molar-refractivity contribution in [2.75, 3.05) is 6.54 Å². The van der Waals surface area contributed by atoms with Crippen molar-refractivity contribution in [3.8, 4) is 0 Å². The molecule has 0 aliphatic rings. The number of nitrogens with one attached hydrogen (secondary N) is 1. The molecule has 8 heteroatoms. The fourth-order valence-electron chi connectivity index (χ4n) is 1.10. The van der Waals surface area contributed by atoms with Gasteiger partial charge in [0, 0.05) is 12.6 Å². The quantitative estimate of drug-likeness (QED) is 0.511. The molecule has 0 spiro atoms. The minimum Gasteiger partial charge on any atom is -0.258 e.